The molecule has 0 radical (unpaired) electrons. The van der Waals surface area contributed by atoms with Gasteiger partial charge in [0.25, 0.3) is 0 Å². The molecular weight excluding hydrogens is 320 g/mol. The Morgan fingerprint density at radius 1 is 1.08 bits per heavy atom. The second-order valence-electron chi connectivity index (χ2n) is 5.57. The second-order valence-corrected chi connectivity index (χ2v) is 5.57. The number of hydrogen-bond donors (Lipinski definition) is 0. The number of cyclic esters (lactones) is 1. The normalized spacial score (nSPS) is 16.8. The van der Waals surface area contributed by atoms with Crippen LogP contribution in [0.3, 0.4) is 0 Å². The van der Waals surface area contributed by atoms with Crippen LogP contribution in [-0.4, -0.2) is 19.4 Å². The molecule has 0 amide bonds. The van der Waals surface area contributed by atoms with Gasteiger partial charge in [0, 0.05) is 5.56 Å². The first-order valence-corrected chi connectivity index (χ1v) is 8.01. The molecule has 0 fully saturated rings. The Labute approximate surface area is 145 Å². The van der Waals surface area contributed by atoms with Crippen molar-refractivity contribution in [3.63, 3.8) is 0 Å². The third kappa shape index (κ3) is 3.08. The predicted molar refractivity (Wildman–Crippen MR) is 92.2 cm³/mol. The molecular formula is C20H16O5. The van der Waals surface area contributed by atoms with Gasteiger partial charge in [-0.05, 0) is 61.0 Å². The lowest BCUT2D eigenvalue weighted by atomic mass is 10.1. The van der Waals surface area contributed by atoms with Crippen molar-refractivity contribution in [2.45, 2.75) is 6.92 Å². The quantitative estimate of drug-likeness (QED) is 0.628. The summed E-state index contributed by atoms with van der Waals surface area (Å²) < 4.78 is 21.4. The molecule has 2 aromatic carbocycles. The smallest absolute Gasteiger partial charge is 0.343 e. The molecule has 0 aliphatic carbocycles. The zero-order valence-electron chi connectivity index (χ0n) is 13.7. The fourth-order valence-electron chi connectivity index (χ4n) is 2.70. The van der Waals surface area contributed by atoms with Crippen molar-refractivity contribution in [1.82, 2.24) is 0 Å². The number of hydrogen-bond acceptors (Lipinski definition) is 5. The molecule has 0 unspecified atom stereocenters. The largest absolute Gasteiger partial charge is 0.494 e. The van der Waals surface area contributed by atoms with Crippen LogP contribution in [0.4, 0.5) is 0 Å². The Balaban J connectivity index is 1.59. The first-order valence-electron chi connectivity index (χ1n) is 8.01. The van der Waals surface area contributed by atoms with Gasteiger partial charge in [-0.15, -0.1) is 0 Å². The van der Waals surface area contributed by atoms with E-state index in [1.165, 1.54) is 0 Å². The lowest BCUT2D eigenvalue weighted by Crippen LogP contribution is -1.97. The molecule has 0 spiro atoms. The summed E-state index contributed by atoms with van der Waals surface area (Å²) in [6.07, 6.45) is 3.51. The van der Waals surface area contributed by atoms with E-state index >= 15 is 0 Å². The van der Waals surface area contributed by atoms with Crippen LogP contribution in [0.25, 0.3) is 11.8 Å². The number of rotatable bonds is 4. The van der Waals surface area contributed by atoms with Crippen LogP contribution >= 0.6 is 0 Å². The van der Waals surface area contributed by atoms with E-state index in [-0.39, 0.29) is 12.8 Å². The molecule has 5 nitrogen and oxygen atoms in total. The Bertz CT molecular complexity index is 877. The Morgan fingerprint density at radius 3 is 2.68 bits per heavy atom. The first-order chi connectivity index (χ1) is 12.2. The molecule has 0 atom stereocenters. The molecule has 2 aliphatic rings. The van der Waals surface area contributed by atoms with Crippen LogP contribution in [0.1, 0.15) is 18.1 Å². The molecule has 0 N–H and O–H groups in total. The molecule has 2 aromatic rings. The summed E-state index contributed by atoms with van der Waals surface area (Å²) in [6.45, 7) is 2.76. The molecule has 2 aliphatic heterocycles. The summed E-state index contributed by atoms with van der Waals surface area (Å²) in [4.78, 5) is 12.1. The maximum Gasteiger partial charge on any atom is 0.343 e. The molecule has 5 heteroatoms. The van der Waals surface area contributed by atoms with Crippen molar-refractivity contribution in [2.75, 3.05) is 13.4 Å². The van der Waals surface area contributed by atoms with Gasteiger partial charge in [0.05, 0.1) is 12.2 Å². The standard InChI is InChI=1S/C20H16O5/c1-2-22-16-6-4-14(5-7-16)18-11-15(20(21)25-18)9-13-3-8-17-19(10-13)24-12-23-17/h3-11H,2,12H2,1H3. The van der Waals surface area contributed by atoms with E-state index in [1.807, 2.05) is 49.4 Å². The Hall–Kier alpha value is -3.21. The van der Waals surface area contributed by atoms with Crippen LogP contribution in [0.2, 0.25) is 0 Å². The summed E-state index contributed by atoms with van der Waals surface area (Å²) >= 11 is 0. The van der Waals surface area contributed by atoms with Gasteiger partial charge in [-0.2, -0.15) is 0 Å². The van der Waals surface area contributed by atoms with E-state index in [4.69, 9.17) is 18.9 Å². The van der Waals surface area contributed by atoms with Crippen LogP contribution in [0, 0.1) is 0 Å². The minimum absolute atomic E-state index is 0.221. The molecule has 126 valence electrons. The summed E-state index contributed by atoms with van der Waals surface area (Å²) in [6, 6.07) is 13.0. The maximum atomic E-state index is 12.1. The average molecular weight is 336 g/mol. The van der Waals surface area contributed by atoms with Gasteiger partial charge in [0.1, 0.15) is 11.5 Å². The van der Waals surface area contributed by atoms with Crippen molar-refractivity contribution in [1.29, 1.82) is 0 Å². The molecule has 0 saturated heterocycles. The topological polar surface area (TPSA) is 54.0 Å². The van der Waals surface area contributed by atoms with Gasteiger partial charge in [-0.25, -0.2) is 4.79 Å². The summed E-state index contributed by atoms with van der Waals surface area (Å²) in [5, 5.41) is 0. The summed E-state index contributed by atoms with van der Waals surface area (Å²) in [5.41, 5.74) is 2.16. The lowest BCUT2D eigenvalue weighted by Gasteiger charge is -2.05. The molecule has 0 aromatic heterocycles. The van der Waals surface area contributed by atoms with Gasteiger partial charge < -0.3 is 18.9 Å². The van der Waals surface area contributed by atoms with Crippen LogP contribution in [-0.2, 0) is 9.53 Å². The minimum atomic E-state index is -0.374. The van der Waals surface area contributed by atoms with Crippen molar-refractivity contribution < 1.29 is 23.7 Å². The van der Waals surface area contributed by atoms with E-state index in [0.717, 1.165) is 16.9 Å². The molecule has 0 saturated carbocycles. The number of carbonyl (C=O) groups is 1. The third-order valence-electron chi connectivity index (χ3n) is 3.89. The number of esters is 1. The fourth-order valence-corrected chi connectivity index (χ4v) is 2.70. The molecule has 25 heavy (non-hydrogen) atoms. The zero-order chi connectivity index (χ0) is 17.2. The van der Waals surface area contributed by atoms with Gasteiger partial charge >= 0.3 is 5.97 Å². The number of ether oxygens (including phenoxy) is 4. The van der Waals surface area contributed by atoms with Gasteiger partial charge in [-0.3, -0.25) is 0 Å². The molecule has 2 heterocycles. The summed E-state index contributed by atoms with van der Waals surface area (Å²) in [7, 11) is 0. The summed E-state index contributed by atoms with van der Waals surface area (Å²) in [5.74, 6) is 2.33. The van der Waals surface area contributed by atoms with E-state index in [9.17, 15) is 4.79 Å². The van der Waals surface area contributed by atoms with Crippen molar-refractivity contribution in [2.24, 2.45) is 0 Å². The Kier molecular flexibility index (Phi) is 3.90. The second kappa shape index (κ2) is 6.36. The highest BCUT2D eigenvalue weighted by atomic mass is 16.7. The third-order valence-corrected chi connectivity index (χ3v) is 3.89. The van der Waals surface area contributed by atoms with Crippen molar-refractivity contribution >= 4 is 17.8 Å². The average Bonchev–Trinajstić information content (AvgIpc) is 3.22. The van der Waals surface area contributed by atoms with E-state index < -0.39 is 0 Å². The highest BCUT2D eigenvalue weighted by Gasteiger charge is 2.22. The SMILES string of the molecule is CCOc1ccc(C2=CC(=Cc3ccc4c(c3)OCO4)C(=O)O2)cc1. The highest BCUT2D eigenvalue weighted by molar-refractivity contribution is 6.05. The van der Waals surface area contributed by atoms with Crippen molar-refractivity contribution in [3.8, 4) is 17.2 Å². The molecule has 4 rings (SSSR count). The van der Waals surface area contributed by atoms with Gasteiger partial charge in [-0.1, -0.05) is 6.07 Å². The number of carbonyl (C=O) groups excluding carboxylic acids is 1. The van der Waals surface area contributed by atoms with E-state index in [2.05, 4.69) is 0 Å². The highest BCUT2D eigenvalue weighted by Crippen LogP contribution is 2.34. The monoisotopic (exact) mass is 336 g/mol. The predicted octanol–water partition coefficient (Wildman–Crippen LogP) is 3.80. The lowest BCUT2D eigenvalue weighted by molar-refractivity contribution is -0.130. The molecule has 0 bridgehead atoms. The first kappa shape index (κ1) is 15.3. The Morgan fingerprint density at radius 2 is 1.88 bits per heavy atom. The van der Waals surface area contributed by atoms with E-state index in [0.29, 0.717) is 29.4 Å². The van der Waals surface area contributed by atoms with E-state index in [1.54, 1.807) is 12.2 Å². The van der Waals surface area contributed by atoms with Crippen LogP contribution in [0.15, 0.2) is 54.1 Å². The van der Waals surface area contributed by atoms with Crippen molar-refractivity contribution in [3.05, 3.63) is 65.2 Å². The zero-order valence-corrected chi connectivity index (χ0v) is 13.7. The van der Waals surface area contributed by atoms with Crippen LogP contribution in [0.5, 0.6) is 17.2 Å². The maximum absolute atomic E-state index is 12.1. The fraction of sp³-hybridized carbons (Fsp3) is 0.150. The van der Waals surface area contributed by atoms with Gasteiger partial charge in [0.15, 0.2) is 11.5 Å². The number of fused-ring (bicyclic) bond motifs is 1. The van der Waals surface area contributed by atoms with Crippen LogP contribution < -0.4 is 14.2 Å². The van der Waals surface area contributed by atoms with Gasteiger partial charge in [0.2, 0.25) is 6.79 Å². The number of benzene rings is 2. The minimum Gasteiger partial charge on any atom is -0.494 e.